The molecule has 0 saturated heterocycles. The van der Waals surface area contributed by atoms with Crippen molar-refractivity contribution in [3.05, 3.63) is 81.6 Å². The molecule has 0 unspecified atom stereocenters. The lowest BCUT2D eigenvalue weighted by atomic mass is 10.0. The molecule has 1 amide bonds. The van der Waals surface area contributed by atoms with Crippen molar-refractivity contribution in [3.63, 3.8) is 0 Å². The van der Waals surface area contributed by atoms with Gasteiger partial charge in [0.2, 0.25) is 0 Å². The van der Waals surface area contributed by atoms with Gasteiger partial charge in [-0.15, -0.1) is 11.3 Å². The lowest BCUT2D eigenvalue weighted by Gasteiger charge is -2.21. The summed E-state index contributed by atoms with van der Waals surface area (Å²) in [5.74, 6) is 0.793. The van der Waals surface area contributed by atoms with Crippen molar-refractivity contribution in [3.8, 4) is 5.75 Å². The van der Waals surface area contributed by atoms with Crippen LogP contribution in [0.4, 0.5) is 4.39 Å². The third kappa shape index (κ3) is 5.66. The van der Waals surface area contributed by atoms with E-state index in [0.29, 0.717) is 31.2 Å². The molecule has 30 heavy (non-hydrogen) atoms. The predicted molar refractivity (Wildman–Crippen MR) is 118 cm³/mol. The maximum atomic E-state index is 13.2. The SMILES string of the molecule is CCCN(Cc1csc(COc2ccccc2C(C)C)n1)C(=O)c1ccc(F)cc1. The van der Waals surface area contributed by atoms with Gasteiger partial charge in [-0.1, -0.05) is 39.0 Å². The second kappa shape index (κ2) is 10.3. The third-order valence-corrected chi connectivity index (χ3v) is 5.59. The molecule has 3 aromatic rings. The van der Waals surface area contributed by atoms with Gasteiger partial charge in [-0.3, -0.25) is 4.79 Å². The van der Waals surface area contributed by atoms with Gasteiger partial charge in [0, 0.05) is 17.5 Å². The van der Waals surface area contributed by atoms with E-state index in [-0.39, 0.29) is 11.7 Å². The second-order valence-corrected chi connectivity index (χ2v) is 8.39. The molecule has 158 valence electrons. The lowest BCUT2D eigenvalue weighted by molar-refractivity contribution is 0.0741. The van der Waals surface area contributed by atoms with Crippen LogP contribution in [-0.4, -0.2) is 22.3 Å². The first kappa shape index (κ1) is 22.0. The minimum Gasteiger partial charge on any atom is -0.486 e. The van der Waals surface area contributed by atoms with Crippen LogP contribution in [0.15, 0.2) is 53.9 Å². The molecular weight excluding hydrogens is 399 g/mol. The van der Waals surface area contributed by atoms with Gasteiger partial charge in [0.05, 0.1) is 12.2 Å². The van der Waals surface area contributed by atoms with Gasteiger partial charge in [0.25, 0.3) is 5.91 Å². The molecule has 0 bridgehead atoms. The van der Waals surface area contributed by atoms with E-state index in [0.717, 1.165) is 22.9 Å². The minimum atomic E-state index is -0.350. The molecule has 0 aliphatic rings. The molecule has 0 spiro atoms. The third-order valence-electron chi connectivity index (χ3n) is 4.72. The summed E-state index contributed by atoms with van der Waals surface area (Å²) in [6.45, 7) is 7.74. The average molecular weight is 427 g/mol. The summed E-state index contributed by atoms with van der Waals surface area (Å²) in [5.41, 5.74) is 2.49. The average Bonchev–Trinajstić information content (AvgIpc) is 3.19. The van der Waals surface area contributed by atoms with Crippen LogP contribution in [0, 0.1) is 5.82 Å². The number of rotatable bonds is 9. The van der Waals surface area contributed by atoms with Gasteiger partial charge in [0.1, 0.15) is 23.2 Å². The Balaban J connectivity index is 1.65. The number of thiazole rings is 1. The fraction of sp³-hybridized carbons (Fsp3) is 0.333. The van der Waals surface area contributed by atoms with E-state index in [9.17, 15) is 9.18 Å². The number of halogens is 1. The summed E-state index contributed by atoms with van der Waals surface area (Å²) in [6.07, 6.45) is 0.832. The highest BCUT2D eigenvalue weighted by Crippen LogP contribution is 2.27. The molecule has 3 rings (SSSR count). The number of carbonyl (C=O) groups is 1. The number of aromatic nitrogens is 1. The standard InChI is InChI=1S/C24H27FN2O2S/c1-4-13-27(24(28)18-9-11-19(25)12-10-18)14-20-16-30-23(26-20)15-29-22-8-6-5-7-21(22)17(2)3/h5-12,16-17H,4,13-15H2,1-3H3. The molecule has 1 heterocycles. The Morgan fingerprint density at radius 3 is 2.60 bits per heavy atom. The van der Waals surface area contributed by atoms with Crippen molar-refractivity contribution in [2.45, 2.75) is 46.3 Å². The van der Waals surface area contributed by atoms with Crippen molar-refractivity contribution in [1.82, 2.24) is 9.88 Å². The van der Waals surface area contributed by atoms with Crippen LogP contribution in [0.1, 0.15) is 59.7 Å². The summed E-state index contributed by atoms with van der Waals surface area (Å²) in [7, 11) is 0. The second-order valence-electron chi connectivity index (χ2n) is 7.45. The summed E-state index contributed by atoms with van der Waals surface area (Å²) in [6, 6.07) is 13.7. The summed E-state index contributed by atoms with van der Waals surface area (Å²) < 4.78 is 19.2. The van der Waals surface area contributed by atoms with Gasteiger partial charge in [-0.25, -0.2) is 9.37 Å². The minimum absolute atomic E-state index is 0.117. The zero-order valence-corrected chi connectivity index (χ0v) is 18.4. The molecule has 6 heteroatoms. The number of hydrogen-bond donors (Lipinski definition) is 0. The lowest BCUT2D eigenvalue weighted by Crippen LogP contribution is -2.31. The Labute approximate surface area is 181 Å². The molecule has 0 aliphatic heterocycles. The van der Waals surface area contributed by atoms with E-state index >= 15 is 0 Å². The first-order chi connectivity index (χ1) is 14.5. The molecule has 4 nitrogen and oxygen atoms in total. The van der Waals surface area contributed by atoms with Crippen LogP contribution in [0.5, 0.6) is 5.75 Å². The first-order valence-corrected chi connectivity index (χ1v) is 11.1. The van der Waals surface area contributed by atoms with Gasteiger partial charge in [-0.2, -0.15) is 0 Å². The highest BCUT2D eigenvalue weighted by molar-refractivity contribution is 7.09. The number of ether oxygens (including phenoxy) is 1. The smallest absolute Gasteiger partial charge is 0.254 e. The number of benzene rings is 2. The zero-order valence-electron chi connectivity index (χ0n) is 17.6. The molecule has 0 radical (unpaired) electrons. The van der Waals surface area contributed by atoms with E-state index in [2.05, 4.69) is 24.9 Å². The van der Waals surface area contributed by atoms with Gasteiger partial charge < -0.3 is 9.64 Å². The topological polar surface area (TPSA) is 42.4 Å². The largest absolute Gasteiger partial charge is 0.486 e. The fourth-order valence-electron chi connectivity index (χ4n) is 3.21. The van der Waals surface area contributed by atoms with Crippen molar-refractivity contribution in [2.75, 3.05) is 6.54 Å². The van der Waals surface area contributed by atoms with E-state index < -0.39 is 0 Å². The molecule has 0 atom stereocenters. The highest BCUT2D eigenvalue weighted by atomic mass is 32.1. The number of carbonyl (C=O) groups excluding carboxylic acids is 1. The van der Waals surface area contributed by atoms with Crippen LogP contribution in [-0.2, 0) is 13.2 Å². The predicted octanol–water partition coefficient (Wildman–Crippen LogP) is 6.04. The molecule has 0 N–H and O–H groups in total. The number of amides is 1. The van der Waals surface area contributed by atoms with E-state index in [1.807, 2.05) is 30.5 Å². The van der Waals surface area contributed by atoms with Crippen LogP contribution in [0.25, 0.3) is 0 Å². The summed E-state index contributed by atoms with van der Waals surface area (Å²) >= 11 is 1.53. The number of nitrogens with zero attached hydrogens (tertiary/aromatic N) is 2. The molecule has 2 aromatic carbocycles. The molecule has 1 aromatic heterocycles. The Bertz CT molecular complexity index is 969. The summed E-state index contributed by atoms with van der Waals surface area (Å²) in [5, 5.41) is 2.84. The molecule has 0 fully saturated rings. The van der Waals surface area contributed by atoms with Crippen molar-refractivity contribution in [2.24, 2.45) is 0 Å². The van der Waals surface area contributed by atoms with E-state index in [1.165, 1.54) is 41.2 Å². The van der Waals surface area contributed by atoms with Crippen molar-refractivity contribution >= 4 is 17.2 Å². The maximum Gasteiger partial charge on any atom is 0.254 e. The van der Waals surface area contributed by atoms with Crippen LogP contribution >= 0.6 is 11.3 Å². The van der Waals surface area contributed by atoms with Gasteiger partial charge in [0.15, 0.2) is 0 Å². The fourth-order valence-corrected chi connectivity index (χ4v) is 3.91. The zero-order chi connectivity index (χ0) is 21.5. The van der Waals surface area contributed by atoms with Crippen LogP contribution < -0.4 is 4.74 Å². The maximum absolute atomic E-state index is 13.2. The van der Waals surface area contributed by atoms with E-state index in [1.54, 1.807) is 4.90 Å². The molecular formula is C24H27FN2O2S. The highest BCUT2D eigenvalue weighted by Gasteiger charge is 2.17. The monoisotopic (exact) mass is 426 g/mol. The molecule has 0 aliphatic carbocycles. The Morgan fingerprint density at radius 1 is 1.17 bits per heavy atom. The van der Waals surface area contributed by atoms with Crippen LogP contribution in [0.3, 0.4) is 0 Å². The van der Waals surface area contributed by atoms with Gasteiger partial charge in [-0.05, 0) is 48.2 Å². The number of hydrogen-bond acceptors (Lipinski definition) is 4. The van der Waals surface area contributed by atoms with E-state index in [4.69, 9.17) is 4.74 Å². The first-order valence-electron chi connectivity index (χ1n) is 10.2. The van der Waals surface area contributed by atoms with Crippen molar-refractivity contribution in [1.29, 1.82) is 0 Å². The Hall–Kier alpha value is -2.73. The Morgan fingerprint density at radius 2 is 1.90 bits per heavy atom. The summed E-state index contributed by atoms with van der Waals surface area (Å²) in [4.78, 5) is 19.2. The van der Waals surface area contributed by atoms with Gasteiger partial charge >= 0.3 is 0 Å². The van der Waals surface area contributed by atoms with Crippen molar-refractivity contribution < 1.29 is 13.9 Å². The van der Waals surface area contributed by atoms with Crippen LogP contribution in [0.2, 0.25) is 0 Å². The number of para-hydroxylation sites is 1. The molecule has 0 saturated carbocycles. The normalized spacial score (nSPS) is 11.0. The quantitative estimate of drug-likeness (QED) is 0.419. The Kier molecular flexibility index (Phi) is 7.57.